The molecule has 1 aliphatic heterocycles. The van der Waals surface area contributed by atoms with Gasteiger partial charge >= 0.3 is 0 Å². The van der Waals surface area contributed by atoms with Crippen molar-refractivity contribution >= 4 is 29.9 Å². The molecule has 0 aliphatic carbocycles. The molecule has 3 rings (SSSR count). The highest BCUT2D eigenvalue weighted by atomic mass is 127. The summed E-state index contributed by atoms with van der Waals surface area (Å²) in [4.78, 5) is 7.17. The molecule has 1 fully saturated rings. The van der Waals surface area contributed by atoms with Crippen LogP contribution < -0.4 is 15.4 Å². The highest BCUT2D eigenvalue weighted by molar-refractivity contribution is 14.0. The number of aromatic nitrogens is 3. The first-order valence-corrected chi connectivity index (χ1v) is 11.0. The van der Waals surface area contributed by atoms with E-state index in [2.05, 4.69) is 37.9 Å². The fraction of sp³-hybridized carbons (Fsp3) is 0.591. The van der Waals surface area contributed by atoms with Gasteiger partial charge in [0, 0.05) is 33.2 Å². The van der Waals surface area contributed by atoms with Crippen molar-refractivity contribution in [3.8, 4) is 5.75 Å². The number of ether oxygens (including phenoxy) is 2. The van der Waals surface area contributed by atoms with Gasteiger partial charge in [-0.25, -0.2) is 4.99 Å². The first-order valence-electron chi connectivity index (χ1n) is 11.0. The van der Waals surface area contributed by atoms with Gasteiger partial charge in [0.25, 0.3) is 0 Å². The van der Waals surface area contributed by atoms with E-state index in [0.29, 0.717) is 6.54 Å². The van der Waals surface area contributed by atoms with Crippen LogP contribution in [0.1, 0.15) is 23.6 Å². The maximum absolute atomic E-state index is 5.42. The normalized spacial score (nSPS) is 14.7. The lowest BCUT2D eigenvalue weighted by molar-refractivity contribution is 0.0376. The molecule has 0 unspecified atom stereocenters. The van der Waals surface area contributed by atoms with Crippen molar-refractivity contribution in [1.29, 1.82) is 0 Å². The van der Waals surface area contributed by atoms with E-state index in [-0.39, 0.29) is 24.0 Å². The predicted octanol–water partition coefficient (Wildman–Crippen LogP) is 1.75. The van der Waals surface area contributed by atoms with E-state index in [1.165, 1.54) is 5.56 Å². The van der Waals surface area contributed by atoms with E-state index in [1.807, 2.05) is 30.7 Å². The summed E-state index contributed by atoms with van der Waals surface area (Å²) in [6.45, 7) is 8.87. The molecule has 1 saturated heterocycles. The molecular weight excluding hydrogens is 521 g/mol. The summed E-state index contributed by atoms with van der Waals surface area (Å²) in [6, 6.07) is 8.17. The SMILES string of the molecule is COc1ccc(CCNC(=NCc2nnc(C)n2C)NCCCN2CCOCC2)cc1.I. The number of benzene rings is 1. The van der Waals surface area contributed by atoms with Crippen LogP contribution in [0.25, 0.3) is 0 Å². The molecule has 0 atom stereocenters. The minimum Gasteiger partial charge on any atom is -0.497 e. The third-order valence-electron chi connectivity index (χ3n) is 5.47. The number of aryl methyl sites for hydroxylation is 1. The van der Waals surface area contributed by atoms with Crippen molar-refractivity contribution in [1.82, 2.24) is 30.3 Å². The largest absolute Gasteiger partial charge is 0.497 e. The number of morpholine rings is 1. The number of hydrogen-bond donors (Lipinski definition) is 2. The Morgan fingerprint density at radius 3 is 2.50 bits per heavy atom. The Morgan fingerprint density at radius 2 is 1.84 bits per heavy atom. The summed E-state index contributed by atoms with van der Waals surface area (Å²) >= 11 is 0. The zero-order chi connectivity index (χ0) is 21.9. The monoisotopic (exact) mass is 557 g/mol. The number of methoxy groups -OCH3 is 1. The first-order chi connectivity index (χ1) is 15.2. The van der Waals surface area contributed by atoms with Crippen molar-refractivity contribution in [3.63, 3.8) is 0 Å². The first kappa shape index (κ1) is 26.3. The van der Waals surface area contributed by atoms with Gasteiger partial charge in [-0.15, -0.1) is 34.2 Å². The number of hydrogen-bond acceptors (Lipinski definition) is 6. The van der Waals surface area contributed by atoms with Crippen LogP contribution in [0.15, 0.2) is 29.3 Å². The highest BCUT2D eigenvalue weighted by Gasteiger charge is 2.10. The lowest BCUT2D eigenvalue weighted by atomic mass is 10.1. The quantitative estimate of drug-likeness (QED) is 0.199. The Morgan fingerprint density at radius 1 is 1.12 bits per heavy atom. The summed E-state index contributed by atoms with van der Waals surface area (Å²) in [7, 11) is 3.65. The molecule has 9 nitrogen and oxygen atoms in total. The van der Waals surface area contributed by atoms with Gasteiger partial charge in [0.2, 0.25) is 0 Å². The van der Waals surface area contributed by atoms with Crippen LogP contribution >= 0.6 is 24.0 Å². The topological polar surface area (TPSA) is 88.8 Å². The second-order valence-electron chi connectivity index (χ2n) is 7.65. The number of nitrogens with zero attached hydrogens (tertiary/aromatic N) is 5. The molecule has 1 aromatic carbocycles. The van der Waals surface area contributed by atoms with Crippen molar-refractivity contribution in [2.24, 2.45) is 12.0 Å². The molecule has 0 bridgehead atoms. The minimum atomic E-state index is 0. The van der Waals surface area contributed by atoms with Crippen molar-refractivity contribution < 1.29 is 9.47 Å². The number of halogens is 1. The zero-order valence-corrected chi connectivity index (χ0v) is 21.7. The molecule has 0 spiro atoms. The van der Waals surface area contributed by atoms with Gasteiger partial charge in [-0.1, -0.05) is 12.1 Å². The van der Waals surface area contributed by atoms with Crippen LogP contribution in [0.5, 0.6) is 5.75 Å². The molecule has 1 aliphatic rings. The number of aliphatic imine (C=N–C) groups is 1. The molecule has 0 amide bonds. The summed E-state index contributed by atoms with van der Waals surface area (Å²) < 4.78 is 12.6. The van der Waals surface area contributed by atoms with Gasteiger partial charge in [0.15, 0.2) is 11.8 Å². The Labute approximate surface area is 208 Å². The molecule has 2 N–H and O–H groups in total. The molecule has 1 aromatic heterocycles. The Balaban J connectivity index is 0.00000363. The molecule has 0 radical (unpaired) electrons. The third-order valence-corrected chi connectivity index (χ3v) is 5.47. The van der Waals surface area contributed by atoms with Crippen molar-refractivity contribution in [2.75, 3.05) is 53.0 Å². The fourth-order valence-electron chi connectivity index (χ4n) is 3.36. The minimum absolute atomic E-state index is 0. The van der Waals surface area contributed by atoms with Crippen molar-refractivity contribution in [2.45, 2.75) is 26.3 Å². The van der Waals surface area contributed by atoms with Gasteiger partial charge in [-0.2, -0.15) is 0 Å². The van der Waals surface area contributed by atoms with Crippen LogP contribution in [0.3, 0.4) is 0 Å². The summed E-state index contributed by atoms with van der Waals surface area (Å²) in [6.07, 6.45) is 1.96. The van der Waals surface area contributed by atoms with Crippen molar-refractivity contribution in [3.05, 3.63) is 41.5 Å². The summed E-state index contributed by atoms with van der Waals surface area (Å²) in [5.41, 5.74) is 1.25. The van der Waals surface area contributed by atoms with Crippen LogP contribution in [-0.2, 0) is 24.8 Å². The van der Waals surface area contributed by atoms with E-state index in [0.717, 1.165) is 82.1 Å². The molecule has 178 valence electrons. The zero-order valence-electron chi connectivity index (χ0n) is 19.3. The Hall–Kier alpha value is -1.92. The van der Waals surface area contributed by atoms with Gasteiger partial charge < -0.3 is 24.7 Å². The molecule has 2 aromatic rings. The third kappa shape index (κ3) is 8.55. The lowest BCUT2D eigenvalue weighted by Gasteiger charge is -2.26. The Kier molecular flexibility index (Phi) is 11.7. The standard InChI is InChI=1S/C22H35N7O2.HI/c1-18-26-27-21(28(18)2)17-25-22(23-10-4-12-29-13-15-31-16-14-29)24-11-9-19-5-7-20(30-3)8-6-19;/h5-8H,4,9-17H2,1-3H3,(H2,23,24,25);1H. The maximum atomic E-state index is 5.42. The summed E-state index contributed by atoms with van der Waals surface area (Å²) in [5.74, 6) is 3.41. The number of guanidine groups is 1. The Bertz CT molecular complexity index is 820. The van der Waals surface area contributed by atoms with E-state index < -0.39 is 0 Å². The van der Waals surface area contributed by atoms with E-state index in [4.69, 9.17) is 14.5 Å². The van der Waals surface area contributed by atoms with E-state index >= 15 is 0 Å². The maximum Gasteiger partial charge on any atom is 0.191 e. The average molecular weight is 557 g/mol. The van der Waals surface area contributed by atoms with E-state index in [9.17, 15) is 0 Å². The van der Waals surface area contributed by atoms with E-state index in [1.54, 1.807) is 7.11 Å². The second-order valence-corrected chi connectivity index (χ2v) is 7.65. The van der Waals surface area contributed by atoms with Crippen LogP contribution in [0.2, 0.25) is 0 Å². The van der Waals surface area contributed by atoms with Crippen LogP contribution in [0, 0.1) is 6.92 Å². The fourth-order valence-corrected chi connectivity index (χ4v) is 3.36. The number of rotatable bonds is 10. The van der Waals surface area contributed by atoms with Gasteiger partial charge in [0.05, 0.1) is 20.3 Å². The average Bonchev–Trinajstić information content (AvgIpc) is 3.13. The van der Waals surface area contributed by atoms with Gasteiger partial charge in [-0.05, 0) is 44.0 Å². The number of nitrogens with one attached hydrogen (secondary N) is 2. The highest BCUT2D eigenvalue weighted by Crippen LogP contribution is 2.11. The van der Waals surface area contributed by atoms with Gasteiger partial charge in [0.1, 0.15) is 18.1 Å². The molecule has 2 heterocycles. The summed E-state index contributed by atoms with van der Waals surface area (Å²) in [5, 5.41) is 15.2. The smallest absolute Gasteiger partial charge is 0.191 e. The predicted molar refractivity (Wildman–Crippen MR) is 137 cm³/mol. The second kappa shape index (κ2) is 14.3. The molecule has 0 saturated carbocycles. The van der Waals surface area contributed by atoms with Crippen LogP contribution in [-0.4, -0.2) is 78.7 Å². The lowest BCUT2D eigenvalue weighted by Crippen LogP contribution is -2.41. The van der Waals surface area contributed by atoms with Crippen LogP contribution in [0.4, 0.5) is 0 Å². The molecular formula is C22H36IN7O2. The van der Waals surface area contributed by atoms with Gasteiger partial charge in [-0.3, -0.25) is 4.90 Å². The molecule has 32 heavy (non-hydrogen) atoms. The molecule has 10 heteroatoms.